The Hall–Kier alpha value is -3.48. The summed E-state index contributed by atoms with van der Waals surface area (Å²) < 4.78 is 45.4. The summed E-state index contributed by atoms with van der Waals surface area (Å²) in [5, 5.41) is 6.94. The number of hydrogen-bond acceptors (Lipinski definition) is 7. The number of alkyl halides is 3. The van der Waals surface area contributed by atoms with Gasteiger partial charge in [-0.3, -0.25) is 9.59 Å². The van der Waals surface area contributed by atoms with Crippen molar-refractivity contribution in [3.8, 4) is 27.8 Å². The number of halogens is 3. The lowest BCUT2D eigenvalue weighted by Gasteiger charge is -2.15. The van der Waals surface area contributed by atoms with Crippen molar-refractivity contribution in [1.82, 2.24) is 30.0 Å². The smallest absolute Gasteiger partial charge is 0.408 e. The first-order valence-electron chi connectivity index (χ1n) is 11.5. The Bertz CT molecular complexity index is 1290. The van der Waals surface area contributed by atoms with Crippen molar-refractivity contribution < 1.29 is 27.5 Å². The van der Waals surface area contributed by atoms with E-state index in [1.54, 1.807) is 4.90 Å². The van der Waals surface area contributed by atoms with Crippen molar-refractivity contribution in [1.29, 1.82) is 0 Å². The highest BCUT2D eigenvalue weighted by atomic mass is 32.1. The SMILES string of the molecule is O=C(CCN1CCCC1=O)NCc1ccc2c(c1)OCCc1sc(-c3ncnn3CC(F)(F)F)nc1-2. The van der Waals surface area contributed by atoms with Crippen LogP contribution in [0.3, 0.4) is 0 Å². The van der Waals surface area contributed by atoms with Crippen LogP contribution in [-0.4, -0.2) is 62.3 Å². The molecule has 4 heterocycles. The zero-order chi connectivity index (χ0) is 25.3. The van der Waals surface area contributed by atoms with E-state index in [-0.39, 0.29) is 24.1 Å². The Kier molecular flexibility index (Phi) is 6.65. The fourth-order valence-electron chi connectivity index (χ4n) is 4.25. The molecule has 0 atom stereocenters. The fraction of sp³-hybridized carbons (Fsp3) is 0.435. The number of hydrogen-bond donors (Lipinski definition) is 1. The molecule has 2 aliphatic heterocycles. The standard InChI is InChI=1S/C23H23F3N6O3S/c24-23(25,26)12-32-21(28-13-29-32)22-30-20-15-4-3-14(10-16(15)35-9-6-17(20)36-22)11-27-18(33)5-8-31-7-1-2-19(31)34/h3-4,10,13H,1-2,5-9,11-12H2,(H,27,33). The number of nitrogens with one attached hydrogen (secondary N) is 1. The predicted octanol–water partition coefficient (Wildman–Crippen LogP) is 3.19. The molecule has 36 heavy (non-hydrogen) atoms. The fourth-order valence-corrected chi connectivity index (χ4v) is 5.31. The minimum Gasteiger partial charge on any atom is -0.492 e. The summed E-state index contributed by atoms with van der Waals surface area (Å²) in [6, 6.07) is 5.53. The maximum Gasteiger partial charge on any atom is 0.408 e. The molecule has 1 fully saturated rings. The van der Waals surface area contributed by atoms with Crippen molar-refractivity contribution in [2.45, 2.75) is 44.9 Å². The number of nitrogens with zero attached hydrogens (tertiary/aromatic N) is 5. The van der Waals surface area contributed by atoms with Gasteiger partial charge < -0.3 is 15.0 Å². The third kappa shape index (κ3) is 5.35. The van der Waals surface area contributed by atoms with Crippen LogP contribution in [0.15, 0.2) is 24.5 Å². The van der Waals surface area contributed by atoms with Crippen LogP contribution in [0.2, 0.25) is 0 Å². The quantitative estimate of drug-likeness (QED) is 0.514. The van der Waals surface area contributed by atoms with Crippen LogP contribution in [0.1, 0.15) is 29.7 Å². The second kappa shape index (κ2) is 9.88. The van der Waals surface area contributed by atoms with E-state index in [0.29, 0.717) is 55.5 Å². The van der Waals surface area contributed by atoms with Crippen molar-refractivity contribution in [3.63, 3.8) is 0 Å². The average molecular weight is 521 g/mol. The number of benzene rings is 1. The Morgan fingerprint density at radius 3 is 2.89 bits per heavy atom. The van der Waals surface area contributed by atoms with E-state index in [4.69, 9.17) is 4.74 Å². The second-order valence-corrected chi connectivity index (χ2v) is 9.67. The zero-order valence-corrected chi connectivity index (χ0v) is 20.0. The molecule has 5 rings (SSSR count). The van der Waals surface area contributed by atoms with E-state index < -0.39 is 12.7 Å². The highest BCUT2D eigenvalue weighted by Crippen LogP contribution is 2.40. The van der Waals surface area contributed by atoms with E-state index in [0.717, 1.165) is 33.4 Å². The largest absolute Gasteiger partial charge is 0.492 e. The normalized spacial score (nSPS) is 15.3. The van der Waals surface area contributed by atoms with Gasteiger partial charge in [0.25, 0.3) is 0 Å². The molecule has 0 spiro atoms. The Balaban J connectivity index is 1.29. The minimum absolute atomic E-state index is 0.0721. The molecule has 1 saturated heterocycles. The zero-order valence-electron chi connectivity index (χ0n) is 19.2. The van der Waals surface area contributed by atoms with Gasteiger partial charge in [0, 0.05) is 49.3 Å². The van der Waals surface area contributed by atoms with Crippen LogP contribution < -0.4 is 10.1 Å². The minimum atomic E-state index is -4.42. The van der Waals surface area contributed by atoms with Gasteiger partial charge in [-0.2, -0.15) is 18.3 Å². The number of carbonyl (C=O) groups is 2. The van der Waals surface area contributed by atoms with Crippen molar-refractivity contribution in [3.05, 3.63) is 35.0 Å². The number of fused-ring (bicyclic) bond motifs is 3. The van der Waals surface area contributed by atoms with Crippen molar-refractivity contribution in [2.24, 2.45) is 0 Å². The van der Waals surface area contributed by atoms with Crippen molar-refractivity contribution in [2.75, 3.05) is 19.7 Å². The molecule has 9 nitrogen and oxygen atoms in total. The summed E-state index contributed by atoms with van der Waals surface area (Å²) in [7, 11) is 0. The molecule has 2 aromatic heterocycles. The van der Waals surface area contributed by atoms with Crippen LogP contribution in [0, 0.1) is 0 Å². The lowest BCUT2D eigenvalue weighted by Crippen LogP contribution is -2.31. The first-order valence-corrected chi connectivity index (χ1v) is 12.3. The number of carbonyl (C=O) groups excluding carboxylic acids is 2. The van der Waals surface area contributed by atoms with Crippen LogP contribution in [-0.2, 0) is 29.1 Å². The molecule has 1 aromatic carbocycles. The molecular weight excluding hydrogens is 497 g/mol. The number of rotatable bonds is 7. The molecule has 1 N–H and O–H groups in total. The van der Waals surface area contributed by atoms with Crippen LogP contribution in [0.5, 0.6) is 5.75 Å². The summed E-state index contributed by atoms with van der Waals surface area (Å²) in [6.45, 7) is 0.574. The third-order valence-corrected chi connectivity index (χ3v) is 7.10. The molecule has 2 amide bonds. The lowest BCUT2D eigenvalue weighted by atomic mass is 10.1. The van der Waals surface area contributed by atoms with Gasteiger partial charge in [0.1, 0.15) is 18.6 Å². The molecule has 3 aromatic rings. The maximum atomic E-state index is 12.9. The second-order valence-electron chi connectivity index (χ2n) is 8.59. The van der Waals surface area contributed by atoms with Crippen LogP contribution in [0.4, 0.5) is 13.2 Å². The molecule has 2 aliphatic rings. The number of thiazole rings is 1. The van der Waals surface area contributed by atoms with Crippen molar-refractivity contribution >= 4 is 23.2 Å². The van der Waals surface area contributed by atoms with E-state index >= 15 is 0 Å². The summed E-state index contributed by atoms with van der Waals surface area (Å²) >= 11 is 1.28. The maximum absolute atomic E-state index is 12.9. The van der Waals surface area contributed by atoms with Gasteiger partial charge in [-0.05, 0) is 24.1 Å². The molecule has 0 unspecified atom stereocenters. The molecule has 0 aliphatic carbocycles. The Morgan fingerprint density at radius 1 is 1.25 bits per heavy atom. The van der Waals surface area contributed by atoms with Gasteiger partial charge in [0.2, 0.25) is 11.8 Å². The molecule has 0 radical (unpaired) electrons. The van der Waals surface area contributed by atoms with Crippen LogP contribution >= 0.6 is 11.3 Å². The average Bonchev–Trinajstić information content (AvgIpc) is 3.53. The number of likely N-dealkylation sites (tertiary alicyclic amines) is 1. The van der Waals surface area contributed by atoms with Gasteiger partial charge in [-0.15, -0.1) is 11.3 Å². The summed E-state index contributed by atoms with van der Waals surface area (Å²) in [4.78, 5) is 35.1. The van der Waals surface area contributed by atoms with E-state index in [2.05, 4.69) is 20.4 Å². The Labute approximate surface area is 208 Å². The summed E-state index contributed by atoms with van der Waals surface area (Å²) in [5.74, 6) is 0.621. The number of amides is 2. The van der Waals surface area contributed by atoms with Gasteiger partial charge >= 0.3 is 6.18 Å². The first-order chi connectivity index (χ1) is 17.3. The van der Waals surface area contributed by atoms with Crippen LogP contribution in [0.25, 0.3) is 22.1 Å². The number of aromatic nitrogens is 4. The topological polar surface area (TPSA) is 102 Å². The van der Waals surface area contributed by atoms with Gasteiger partial charge in [0.05, 0.1) is 12.3 Å². The summed E-state index contributed by atoms with van der Waals surface area (Å²) in [5.41, 5.74) is 2.22. The van der Waals surface area contributed by atoms with Gasteiger partial charge in [0.15, 0.2) is 10.8 Å². The Morgan fingerprint density at radius 2 is 2.11 bits per heavy atom. The van der Waals surface area contributed by atoms with Gasteiger partial charge in [-0.25, -0.2) is 14.6 Å². The van der Waals surface area contributed by atoms with E-state index in [1.807, 2.05) is 18.2 Å². The monoisotopic (exact) mass is 520 g/mol. The summed E-state index contributed by atoms with van der Waals surface area (Å²) in [6.07, 6.45) is -1.14. The van der Waals surface area contributed by atoms with Gasteiger partial charge in [-0.1, -0.05) is 6.07 Å². The highest BCUT2D eigenvalue weighted by Gasteiger charge is 2.31. The molecule has 13 heteroatoms. The molecular formula is C23H23F3N6O3S. The molecule has 190 valence electrons. The van der Waals surface area contributed by atoms with E-state index in [1.165, 1.54) is 11.3 Å². The third-order valence-electron chi connectivity index (χ3n) is 5.99. The molecule has 0 saturated carbocycles. The van der Waals surface area contributed by atoms with E-state index in [9.17, 15) is 22.8 Å². The first kappa shape index (κ1) is 24.2. The predicted molar refractivity (Wildman–Crippen MR) is 124 cm³/mol. The number of ether oxygens (including phenoxy) is 1. The molecule has 0 bridgehead atoms. The highest BCUT2D eigenvalue weighted by molar-refractivity contribution is 7.15. The lowest BCUT2D eigenvalue weighted by molar-refractivity contribution is -0.142.